The number of benzene rings is 2. The molecule has 228 valence electrons. The van der Waals surface area contributed by atoms with Crippen molar-refractivity contribution in [3.05, 3.63) is 83.3 Å². The molecule has 0 aliphatic heterocycles. The third-order valence-corrected chi connectivity index (χ3v) is 7.00. The van der Waals surface area contributed by atoms with E-state index in [0.29, 0.717) is 11.1 Å². The topological polar surface area (TPSA) is 243 Å². The minimum absolute atomic E-state index is 0.393. The summed E-state index contributed by atoms with van der Waals surface area (Å²) < 4.78 is 0. The monoisotopic (exact) mass is 580 g/mol. The molecule has 0 aliphatic carbocycles. The molecule has 2 rings (SSSR count). The molecule has 0 saturated heterocycles. The van der Waals surface area contributed by atoms with Crippen molar-refractivity contribution >= 4 is 12.2 Å². The zero-order valence-electron chi connectivity index (χ0n) is 22.3. The molecule has 8 atom stereocenters. The van der Waals surface area contributed by atoms with Crippen LogP contribution in [0.2, 0.25) is 0 Å². The van der Waals surface area contributed by atoms with E-state index in [1.54, 1.807) is 60.7 Å². The average Bonchev–Trinajstić information content (AvgIpc) is 2.99. The van der Waals surface area contributed by atoms with E-state index in [4.69, 9.17) is 0 Å². The van der Waals surface area contributed by atoms with Crippen molar-refractivity contribution in [2.75, 3.05) is 13.2 Å². The van der Waals surface area contributed by atoms with Crippen molar-refractivity contribution in [3.63, 3.8) is 0 Å². The highest BCUT2D eigenvalue weighted by Gasteiger charge is 2.48. The van der Waals surface area contributed by atoms with Gasteiger partial charge in [0.2, 0.25) is 0 Å². The van der Waals surface area contributed by atoms with Gasteiger partial charge in [-0.25, -0.2) is 0 Å². The highest BCUT2D eigenvalue weighted by molar-refractivity contribution is 5.54. The predicted octanol–water partition coefficient (Wildman–Crippen LogP) is -1.03. The summed E-state index contributed by atoms with van der Waals surface area (Å²) in [6, 6.07) is 16.2. The van der Waals surface area contributed by atoms with Crippen LogP contribution in [-0.2, 0) is 0 Å². The molecule has 12 nitrogen and oxygen atoms in total. The summed E-state index contributed by atoms with van der Waals surface area (Å²) in [4.78, 5) is 0. The van der Waals surface area contributed by atoms with E-state index in [2.05, 4.69) is 0 Å². The maximum absolute atomic E-state index is 11.4. The van der Waals surface area contributed by atoms with Gasteiger partial charge in [0.15, 0.2) is 0 Å². The SMILES string of the molecule is OC[C@H](O)[C@@H](O)[C@@H](O)[C@](O)(CCC[C@](O)(/C(O)=C/c1ccccc1)[C@H](O)[C@H](O)[C@@H](O)CO)/C(O)=C/c1ccccc1. The van der Waals surface area contributed by atoms with E-state index >= 15 is 0 Å². The van der Waals surface area contributed by atoms with Crippen LogP contribution in [0.5, 0.6) is 0 Å². The van der Waals surface area contributed by atoms with Crippen LogP contribution in [-0.4, -0.2) is 122 Å². The summed E-state index contributed by atoms with van der Waals surface area (Å²) in [6.07, 6.45) is -12.1. The molecule has 0 radical (unpaired) electrons. The molecule has 0 spiro atoms. The number of hydrogen-bond acceptors (Lipinski definition) is 12. The first kappa shape index (κ1) is 34.3. The lowest BCUT2D eigenvalue weighted by Crippen LogP contribution is -2.56. The van der Waals surface area contributed by atoms with Crippen LogP contribution in [0.1, 0.15) is 30.4 Å². The minimum atomic E-state index is -2.68. The quantitative estimate of drug-likeness (QED) is 0.107. The number of aliphatic hydroxyl groups is 12. The molecule has 0 heterocycles. The minimum Gasteiger partial charge on any atom is -0.509 e. The molecule has 0 aliphatic rings. The fourth-order valence-electron chi connectivity index (χ4n) is 4.35. The van der Waals surface area contributed by atoms with Crippen molar-refractivity contribution in [3.8, 4) is 0 Å². The molecular formula is C29H40O12. The molecule has 0 aromatic heterocycles. The van der Waals surface area contributed by atoms with E-state index < -0.39 is 91.8 Å². The highest BCUT2D eigenvalue weighted by atomic mass is 16.4. The van der Waals surface area contributed by atoms with Crippen molar-refractivity contribution < 1.29 is 61.3 Å². The fourth-order valence-corrected chi connectivity index (χ4v) is 4.35. The van der Waals surface area contributed by atoms with Gasteiger partial charge in [-0.15, -0.1) is 0 Å². The first-order valence-corrected chi connectivity index (χ1v) is 13.0. The van der Waals surface area contributed by atoms with Crippen LogP contribution in [0.4, 0.5) is 0 Å². The van der Waals surface area contributed by atoms with Crippen LogP contribution in [0, 0.1) is 0 Å². The highest BCUT2D eigenvalue weighted by Crippen LogP contribution is 2.35. The van der Waals surface area contributed by atoms with Crippen LogP contribution >= 0.6 is 0 Å². The second-order valence-corrected chi connectivity index (χ2v) is 9.95. The van der Waals surface area contributed by atoms with Crippen molar-refractivity contribution in [2.24, 2.45) is 0 Å². The molecule has 41 heavy (non-hydrogen) atoms. The number of hydrogen-bond donors (Lipinski definition) is 12. The molecule has 0 amide bonds. The van der Waals surface area contributed by atoms with Crippen LogP contribution < -0.4 is 0 Å². The Morgan fingerprint density at radius 1 is 0.585 bits per heavy atom. The zero-order valence-corrected chi connectivity index (χ0v) is 22.3. The largest absolute Gasteiger partial charge is 0.509 e. The predicted molar refractivity (Wildman–Crippen MR) is 148 cm³/mol. The van der Waals surface area contributed by atoms with Gasteiger partial charge in [-0.3, -0.25) is 0 Å². The molecule has 0 fully saturated rings. The summed E-state index contributed by atoms with van der Waals surface area (Å²) in [5.74, 6) is -1.69. The Morgan fingerprint density at radius 3 is 1.20 bits per heavy atom. The van der Waals surface area contributed by atoms with E-state index in [9.17, 15) is 61.3 Å². The fraction of sp³-hybridized carbons (Fsp3) is 0.448. The van der Waals surface area contributed by atoms with Gasteiger partial charge < -0.3 is 61.3 Å². The van der Waals surface area contributed by atoms with Crippen LogP contribution in [0.15, 0.2) is 72.2 Å². The summed E-state index contributed by atoms with van der Waals surface area (Å²) in [5, 5.41) is 125. The molecule has 2 aromatic carbocycles. The van der Waals surface area contributed by atoms with Gasteiger partial charge in [-0.1, -0.05) is 60.7 Å². The maximum atomic E-state index is 11.4. The van der Waals surface area contributed by atoms with Crippen molar-refractivity contribution in [2.45, 2.75) is 67.1 Å². The molecule has 0 saturated carbocycles. The van der Waals surface area contributed by atoms with Crippen LogP contribution in [0.3, 0.4) is 0 Å². The second kappa shape index (κ2) is 15.4. The Balaban J connectivity index is 2.46. The number of aliphatic hydroxyl groups excluding tert-OH is 10. The van der Waals surface area contributed by atoms with Gasteiger partial charge in [0.25, 0.3) is 0 Å². The van der Waals surface area contributed by atoms with Gasteiger partial charge in [0.1, 0.15) is 59.3 Å². The third-order valence-electron chi connectivity index (χ3n) is 7.00. The lowest BCUT2D eigenvalue weighted by molar-refractivity contribution is -0.166. The van der Waals surface area contributed by atoms with Crippen molar-refractivity contribution in [1.29, 1.82) is 0 Å². The van der Waals surface area contributed by atoms with E-state index in [1.807, 2.05) is 0 Å². The summed E-state index contributed by atoms with van der Waals surface area (Å²) in [6.45, 7) is -1.96. The molecule has 12 N–H and O–H groups in total. The van der Waals surface area contributed by atoms with Gasteiger partial charge in [-0.05, 0) is 42.5 Å². The number of rotatable bonds is 16. The maximum Gasteiger partial charge on any atom is 0.149 e. The molecule has 0 unspecified atom stereocenters. The Hall–Kier alpha value is -2.88. The van der Waals surface area contributed by atoms with E-state index in [1.165, 1.54) is 0 Å². The average molecular weight is 581 g/mol. The first-order valence-electron chi connectivity index (χ1n) is 13.0. The first-order chi connectivity index (χ1) is 19.3. The third kappa shape index (κ3) is 8.56. The van der Waals surface area contributed by atoms with Gasteiger partial charge >= 0.3 is 0 Å². The van der Waals surface area contributed by atoms with E-state index in [-0.39, 0.29) is 0 Å². The van der Waals surface area contributed by atoms with Crippen molar-refractivity contribution in [1.82, 2.24) is 0 Å². The lowest BCUT2D eigenvalue weighted by Gasteiger charge is -2.39. The summed E-state index contributed by atoms with van der Waals surface area (Å²) >= 11 is 0. The smallest absolute Gasteiger partial charge is 0.149 e. The van der Waals surface area contributed by atoms with Crippen LogP contribution in [0.25, 0.3) is 12.2 Å². The Kier molecular flexibility index (Phi) is 12.9. The zero-order chi connectivity index (χ0) is 30.8. The van der Waals surface area contributed by atoms with Gasteiger partial charge in [-0.2, -0.15) is 0 Å². The second-order valence-electron chi connectivity index (χ2n) is 9.95. The Bertz CT molecular complexity index is 1020. The van der Waals surface area contributed by atoms with Gasteiger partial charge in [0.05, 0.1) is 13.2 Å². The molecule has 0 bridgehead atoms. The molecule has 12 heteroatoms. The standard InChI is InChI=1S/C29H40O12/c30-16-20(32)24(36)26(38)28(40,22(34)14-18-8-3-1-4-9-18)12-7-13-29(41,27(39)25(37)21(33)17-31)23(35)15-19-10-5-2-6-11-19/h1-6,8-11,14-15,20-21,24-27,30-41H,7,12-13,16-17H2/b22-14-,23-15-/t20-,21-,24+,25+,26+,27+,28-,29-/m0/s1. The summed E-state index contributed by atoms with van der Waals surface area (Å²) in [5.41, 5.74) is -4.58. The molecule has 2 aromatic rings. The lowest BCUT2D eigenvalue weighted by atomic mass is 9.79. The Morgan fingerprint density at radius 2 is 0.902 bits per heavy atom. The normalized spacial score (nSPS) is 20.2. The van der Waals surface area contributed by atoms with E-state index in [0.717, 1.165) is 12.2 Å². The Labute approximate surface area is 237 Å². The molecular weight excluding hydrogens is 540 g/mol. The summed E-state index contributed by atoms with van der Waals surface area (Å²) in [7, 11) is 0. The van der Waals surface area contributed by atoms with Gasteiger partial charge in [0, 0.05) is 0 Å².